The molecule has 4 rings (SSSR count). The number of nitrogens with zero attached hydrogens (tertiary/aromatic N) is 1. The van der Waals surface area contributed by atoms with Gasteiger partial charge in [-0.05, 0) is 36.6 Å². The van der Waals surface area contributed by atoms with E-state index < -0.39 is 17.7 Å². The van der Waals surface area contributed by atoms with E-state index >= 15 is 0 Å². The summed E-state index contributed by atoms with van der Waals surface area (Å²) in [4.78, 5) is 27.9. The number of carbonyl (C=O) groups excluding carboxylic acids is 2. The second-order valence-corrected chi connectivity index (χ2v) is 8.90. The van der Waals surface area contributed by atoms with Gasteiger partial charge < -0.3 is 14.7 Å². The average Bonchev–Trinajstić information content (AvgIpc) is 3.12. The van der Waals surface area contributed by atoms with Crippen LogP contribution in [0.2, 0.25) is 0 Å². The molecule has 0 aliphatic carbocycles. The van der Waals surface area contributed by atoms with Crippen molar-refractivity contribution >= 4 is 17.4 Å². The van der Waals surface area contributed by atoms with Crippen LogP contribution in [0.1, 0.15) is 54.5 Å². The Kier molecular flexibility index (Phi) is 7.66. The van der Waals surface area contributed by atoms with Gasteiger partial charge in [0.15, 0.2) is 0 Å². The van der Waals surface area contributed by atoms with Gasteiger partial charge in [0.25, 0.3) is 11.7 Å². The SMILES string of the molecule is CCCCCOc1ccc(C2C(=C(O)c3ccc(C)cc3)C(=O)C(=O)N2Cc2ccccc2)cc1. The molecular weight excluding hydrogens is 438 g/mol. The summed E-state index contributed by atoms with van der Waals surface area (Å²) < 4.78 is 5.84. The standard InChI is InChI=1S/C30H31NO4/c1-3-4-8-19-35-25-17-15-23(16-18-25)27-26(28(32)24-13-11-21(2)12-14-24)29(33)30(34)31(27)20-22-9-6-5-7-10-22/h5-7,9-18,27,32H,3-4,8,19-20H2,1-2H3. The minimum Gasteiger partial charge on any atom is -0.507 e. The summed E-state index contributed by atoms with van der Waals surface area (Å²) in [6.45, 7) is 5.01. The largest absolute Gasteiger partial charge is 0.507 e. The number of amides is 1. The number of aryl methyl sites for hydroxylation is 1. The topological polar surface area (TPSA) is 66.8 Å². The predicted octanol–water partition coefficient (Wildman–Crippen LogP) is 6.19. The molecule has 1 atom stereocenters. The van der Waals surface area contributed by atoms with Gasteiger partial charge >= 0.3 is 0 Å². The van der Waals surface area contributed by atoms with Crippen LogP contribution in [0.5, 0.6) is 5.75 Å². The third-order valence-electron chi connectivity index (χ3n) is 6.27. The van der Waals surface area contributed by atoms with Crippen LogP contribution in [0.3, 0.4) is 0 Å². The Bertz CT molecular complexity index is 1200. The molecule has 1 aliphatic rings. The van der Waals surface area contributed by atoms with Gasteiger partial charge in [0.2, 0.25) is 0 Å². The number of rotatable bonds is 9. The fraction of sp³-hybridized carbons (Fsp3) is 0.267. The van der Waals surface area contributed by atoms with E-state index in [0.29, 0.717) is 12.2 Å². The zero-order valence-corrected chi connectivity index (χ0v) is 20.2. The maximum Gasteiger partial charge on any atom is 0.295 e. The number of benzene rings is 3. The van der Waals surface area contributed by atoms with Crippen LogP contribution in [0.4, 0.5) is 0 Å². The second kappa shape index (κ2) is 11.0. The van der Waals surface area contributed by atoms with Crippen molar-refractivity contribution in [2.45, 2.75) is 45.7 Å². The molecule has 1 N–H and O–H groups in total. The number of carbonyl (C=O) groups is 2. The van der Waals surface area contributed by atoms with Crippen molar-refractivity contribution in [2.75, 3.05) is 6.61 Å². The third kappa shape index (κ3) is 5.46. The molecule has 0 radical (unpaired) electrons. The lowest BCUT2D eigenvalue weighted by Gasteiger charge is -2.25. The predicted molar refractivity (Wildman–Crippen MR) is 137 cm³/mol. The Hall–Kier alpha value is -3.86. The summed E-state index contributed by atoms with van der Waals surface area (Å²) in [6.07, 6.45) is 3.24. The van der Waals surface area contributed by atoms with Crippen molar-refractivity contribution in [3.8, 4) is 5.75 Å². The Balaban J connectivity index is 1.72. The molecule has 0 bridgehead atoms. The first-order valence-corrected chi connectivity index (χ1v) is 12.1. The van der Waals surface area contributed by atoms with E-state index in [4.69, 9.17) is 4.74 Å². The number of ether oxygens (including phenoxy) is 1. The first kappa shape index (κ1) is 24.3. The molecule has 0 spiro atoms. The highest BCUT2D eigenvalue weighted by atomic mass is 16.5. The first-order chi connectivity index (χ1) is 17.0. The molecular formula is C30H31NO4. The molecule has 1 unspecified atom stereocenters. The number of likely N-dealkylation sites (tertiary alicyclic amines) is 1. The van der Waals surface area contributed by atoms with Gasteiger partial charge in [-0.15, -0.1) is 0 Å². The molecule has 35 heavy (non-hydrogen) atoms. The van der Waals surface area contributed by atoms with Crippen LogP contribution >= 0.6 is 0 Å². The number of aliphatic hydroxyl groups excluding tert-OH is 1. The number of Topliss-reactive ketones (excluding diaryl/α,β-unsaturated/α-hetero) is 1. The molecule has 3 aromatic carbocycles. The molecule has 180 valence electrons. The fourth-order valence-electron chi connectivity index (χ4n) is 4.33. The van der Waals surface area contributed by atoms with Crippen molar-refractivity contribution in [3.63, 3.8) is 0 Å². The highest BCUT2D eigenvalue weighted by Gasteiger charge is 2.46. The lowest BCUT2D eigenvalue weighted by molar-refractivity contribution is -0.140. The molecule has 1 aliphatic heterocycles. The van der Waals surface area contributed by atoms with Gasteiger partial charge in [-0.25, -0.2) is 0 Å². The molecule has 1 amide bonds. The number of hydrogen-bond donors (Lipinski definition) is 1. The fourth-order valence-corrected chi connectivity index (χ4v) is 4.33. The van der Waals surface area contributed by atoms with Gasteiger partial charge in [-0.2, -0.15) is 0 Å². The monoisotopic (exact) mass is 469 g/mol. The Morgan fingerprint density at radius 2 is 1.60 bits per heavy atom. The van der Waals surface area contributed by atoms with Crippen LogP contribution in [0, 0.1) is 6.92 Å². The molecule has 1 heterocycles. The van der Waals surface area contributed by atoms with E-state index in [1.165, 1.54) is 4.90 Å². The molecule has 5 heteroatoms. The second-order valence-electron chi connectivity index (χ2n) is 8.90. The molecule has 1 saturated heterocycles. The van der Waals surface area contributed by atoms with Crippen molar-refractivity contribution in [2.24, 2.45) is 0 Å². The molecule has 1 fully saturated rings. The normalized spacial score (nSPS) is 17.1. The first-order valence-electron chi connectivity index (χ1n) is 12.1. The zero-order chi connectivity index (χ0) is 24.8. The smallest absolute Gasteiger partial charge is 0.295 e. The lowest BCUT2D eigenvalue weighted by Crippen LogP contribution is -2.29. The summed E-state index contributed by atoms with van der Waals surface area (Å²) in [5.74, 6) is -0.719. The van der Waals surface area contributed by atoms with Gasteiger partial charge in [-0.3, -0.25) is 9.59 Å². The number of hydrogen-bond acceptors (Lipinski definition) is 4. The van der Waals surface area contributed by atoms with Crippen LogP contribution in [0.25, 0.3) is 5.76 Å². The summed E-state index contributed by atoms with van der Waals surface area (Å²) in [6, 6.07) is 23.6. The average molecular weight is 470 g/mol. The molecule has 3 aromatic rings. The van der Waals surface area contributed by atoms with Gasteiger partial charge in [-0.1, -0.05) is 92.1 Å². The highest BCUT2D eigenvalue weighted by Crippen LogP contribution is 2.40. The van der Waals surface area contributed by atoms with Crippen LogP contribution in [-0.2, 0) is 16.1 Å². The Morgan fingerprint density at radius 1 is 0.914 bits per heavy atom. The highest BCUT2D eigenvalue weighted by molar-refractivity contribution is 6.46. The summed E-state index contributed by atoms with van der Waals surface area (Å²) in [5.41, 5.74) is 3.30. The van der Waals surface area contributed by atoms with Gasteiger partial charge in [0.05, 0.1) is 18.2 Å². The molecule has 5 nitrogen and oxygen atoms in total. The summed E-state index contributed by atoms with van der Waals surface area (Å²) in [5, 5.41) is 11.2. The van der Waals surface area contributed by atoms with Gasteiger partial charge in [0.1, 0.15) is 11.5 Å². The van der Waals surface area contributed by atoms with Crippen LogP contribution in [0.15, 0.2) is 84.4 Å². The van der Waals surface area contributed by atoms with Crippen LogP contribution in [-0.4, -0.2) is 28.3 Å². The zero-order valence-electron chi connectivity index (χ0n) is 20.2. The third-order valence-corrected chi connectivity index (χ3v) is 6.27. The molecule has 0 saturated carbocycles. The maximum absolute atomic E-state index is 13.2. The minimum absolute atomic E-state index is 0.103. The number of ketones is 1. The van der Waals surface area contributed by atoms with E-state index in [-0.39, 0.29) is 17.9 Å². The Labute approximate surface area is 206 Å². The van der Waals surface area contributed by atoms with Crippen molar-refractivity contribution in [1.29, 1.82) is 0 Å². The van der Waals surface area contributed by atoms with E-state index in [1.54, 1.807) is 12.1 Å². The van der Waals surface area contributed by atoms with Crippen molar-refractivity contribution < 1.29 is 19.4 Å². The number of unbranched alkanes of at least 4 members (excludes halogenated alkanes) is 2. The van der Waals surface area contributed by atoms with E-state index in [1.807, 2.05) is 73.7 Å². The van der Waals surface area contributed by atoms with Crippen molar-refractivity contribution in [1.82, 2.24) is 4.90 Å². The van der Waals surface area contributed by atoms with E-state index in [9.17, 15) is 14.7 Å². The minimum atomic E-state index is -0.703. The lowest BCUT2D eigenvalue weighted by atomic mass is 9.95. The van der Waals surface area contributed by atoms with Crippen LogP contribution < -0.4 is 4.74 Å². The molecule has 0 aromatic heterocycles. The van der Waals surface area contributed by atoms with Crippen molar-refractivity contribution in [3.05, 3.63) is 107 Å². The van der Waals surface area contributed by atoms with Gasteiger partial charge in [0, 0.05) is 12.1 Å². The van der Waals surface area contributed by atoms with E-state index in [0.717, 1.165) is 41.7 Å². The quantitative estimate of drug-likeness (QED) is 0.176. The summed E-state index contributed by atoms with van der Waals surface area (Å²) >= 11 is 0. The summed E-state index contributed by atoms with van der Waals surface area (Å²) in [7, 11) is 0. The maximum atomic E-state index is 13.2. The van der Waals surface area contributed by atoms with E-state index in [2.05, 4.69) is 6.92 Å². The Morgan fingerprint density at radius 3 is 2.26 bits per heavy atom. The number of aliphatic hydroxyl groups is 1.